The van der Waals surface area contributed by atoms with Crippen molar-refractivity contribution in [1.29, 1.82) is 0 Å². The SMILES string of the molecule is O=C(CSCCO)Nc1c(F)cccc1F. The van der Waals surface area contributed by atoms with Crippen LogP contribution in [0.3, 0.4) is 0 Å². The molecule has 0 aliphatic rings. The molecule has 0 aliphatic carbocycles. The number of nitrogens with one attached hydrogen (secondary N) is 1. The zero-order valence-electron chi connectivity index (χ0n) is 8.37. The van der Waals surface area contributed by atoms with E-state index in [0.29, 0.717) is 5.75 Å². The molecule has 0 unspecified atom stereocenters. The first kappa shape index (κ1) is 12.9. The number of anilines is 1. The smallest absolute Gasteiger partial charge is 0.234 e. The van der Waals surface area contributed by atoms with Gasteiger partial charge >= 0.3 is 0 Å². The van der Waals surface area contributed by atoms with Crippen molar-refractivity contribution < 1.29 is 18.7 Å². The van der Waals surface area contributed by atoms with Crippen LogP contribution in [0.25, 0.3) is 0 Å². The number of amides is 1. The summed E-state index contributed by atoms with van der Waals surface area (Å²) in [5.41, 5.74) is -0.433. The van der Waals surface area contributed by atoms with Crippen molar-refractivity contribution in [2.45, 2.75) is 0 Å². The Kier molecular flexibility index (Phi) is 5.21. The lowest BCUT2D eigenvalue weighted by atomic mass is 10.3. The molecule has 1 aromatic carbocycles. The fourth-order valence-electron chi connectivity index (χ4n) is 1.02. The largest absolute Gasteiger partial charge is 0.396 e. The third kappa shape index (κ3) is 3.79. The fraction of sp³-hybridized carbons (Fsp3) is 0.300. The van der Waals surface area contributed by atoms with Gasteiger partial charge in [-0.05, 0) is 12.1 Å². The average Bonchev–Trinajstić information content (AvgIpc) is 2.24. The summed E-state index contributed by atoms with van der Waals surface area (Å²) in [7, 11) is 0. The Hall–Kier alpha value is -1.14. The number of thioether (sulfide) groups is 1. The van der Waals surface area contributed by atoms with Gasteiger partial charge in [0.1, 0.15) is 17.3 Å². The van der Waals surface area contributed by atoms with Crippen LogP contribution in [-0.4, -0.2) is 29.1 Å². The standard InChI is InChI=1S/C10H11F2NO2S/c11-7-2-1-3-8(12)10(7)13-9(15)6-16-5-4-14/h1-3,14H,4-6H2,(H,13,15). The molecule has 0 aliphatic heterocycles. The molecule has 88 valence electrons. The molecule has 0 saturated carbocycles. The van der Waals surface area contributed by atoms with Crippen LogP contribution >= 0.6 is 11.8 Å². The highest BCUT2D eigenvalue weighted by atomic mass is 32.2. The number of carbonyl (C=O) groups excluding carboxylic acids is 1. The van der Waals surface area contributed by atoms with Gasteiger partial charge in [-0.1, -0.05) is 6.07 Å². The van der Waals surface area contributed by atoms with Gasteiger partial charge in [0.25, 0.3) is 0 Å². The Bertz CT molecular complexity index is 354. The number of halogens is 2. The molecule has 0 saturated heterocycles. The molecule has 1 aromatic rings. The number of benzene rings is 1. The van der Waals surface area contributed by atoms with E-state index in [0.717, 1.165) is 12.1 Å². The Morgan fingerprint density at radius 1 is 1.38 bits per heavy atom. The fourth-order valence-corrected chi connectivity index (χ4v) is 1.55. The van der Waals surface area contributed by atoms with E-state index in [1.807, 2.05) is 0 Å². The highest BCUT2D eigenvalue weighted by molar-refractivity contribution is 7.99. The number of aliphatic hydroxyl groups is 1. The predicted octanol–water partition coefficient (Wildman–Crippen LogP) is 1.63. The lowest BCUT2D eigenvalue weighted by molar-refractivity contribution is -0.113. The maximum atomic E-state index is 13.1. The zero-order chi connectivity index (χ0) is 12.0. The van der Waals surface area contributed by atoms with Gasteiger partial charge in [0.15, 0.2) is 0 Å². The highest BCUT2D eigenvalue weighted by Gasteiger charge is 2.11. The minimum Gasteiger partial charge on any atom is -0.396 e. The van der Waals surface area contributed by atoms with Crippen LogP contribution in [0.5, 0.6) is 0 Å². The number of hydrogen-bond donors (Lipinski definition) is 2. The average molecular weight is 247 g/mol. The molecule has 0 fully saturated rings. The second kappa shape index (κ2) is 6.44. The Labute approximate surface area is 95.9 Å². The van der Waals surface area contributed by atoms with Crippen molar-refractivity contribution in [2.24, 2.45) is 0 Å². The van der Waals surface area contributed by atoms with Gasteiger partial charge in [-0.15, -0.1) is 11.8 Å². The third-order valence-electron chi connectivity index (χ3n) is 1.70. The highest BCUT2D eigenvalue weighted by Crippen LogP contribution is 2.18. The van der Waals surface area contributed by atoms with Crippen LogP contribution < -0.4 is 5.32 Å². The molecule has 1 rings (SSSR count). The number of hydrogen-bond acceptors (Lipinski definition) is 3. The molecule has 1 amide bonds. The molecule has 0 aromatic heterocycles. The van der Waals surface area contributed by atoms with Crippen LogP contribution in [0.1, 0.15) is 0 Å². The number of para-hydroxylation sites is 1. The molecule has 6 heteroatoms. The van der Waals surface area contributed by atoms with E-state index in [9.17, 15) is 13.6 Å². The van der Waals surface area contributed by atoms with E-state index in [1.54, 1.807) is 0 Å². The molecule has 0 spiro atoms. The van der Waals surface area contributed by atoms with Gasteiger partial charge in [0.2, 0.25) is 5.91 Å². The van der Waals surface area contributed by atoms with Crippen molar-refractivity contribution in [3.05, 3.63) is 29.8 Å². The second-order valence-electron chi connectivity index (χ2n) is 2.92. The molecule has 0 atom stereocenters. The summed E-state index contributed by atoms with van der Waals surface area (Å²) in [6, 6.07) is 3.36. The van der Waals surface area contributed by atoms with E-state index in [2.05, 4.69) is 5.32 Å². The summed E-state index contributed by atoms with van der Waals surface area (Å²) in [6.07, 6.45) is 0. The lowest BCUT2D eigenvalue weighted by Gasteiger charge is -2.06. The molecular formula is C10H11F2NO2S. The first-order valence-corrected chi connectivity index (χ1v) is 5.73. The van der Waals surface area contributed by atoms with Crippen LogP contribution in [0.2, 0.25) is 0 Å². The number of aliphatic hydroxyl groups excluding tert-OH is 1. The predicted molar refractivity (Wildman–Crippen MR) is 59.4 cm³/mol. The van der Waals surface area contributed by atoms with Crippen LogP contribution in [-0.2, 0) is 4.79 Å². The van der Waals surface area contributed by atoms with Gasteiger partial charge < -0.3 is 10.4 Å². The van der Waals surface area contributed by atoms with Crippen molar-refractivity contribution in [3.8, 4) is 0 Å². The van der Waals surface area contributed by atoms with Gasteiger partial charge in [-0.25, -0.2) is 8.78 Å². The van der Waals surface area contributed by atoms with Crippen molar-refractivity contribution >= 4 is 23.4 Å². The van der Waals surface area contributed by atoms with E-state index in [-0.39, 0.29) is 12.4 Å². The summed E-state index contributed by atoms with van der Waals surface area (Å²) >= 11 is 1.19. The molecule has 2 N–H and O–H groups in total. The van der Waals surface area contributed by atoms with E-state index < -0.39 is 23.2 Å². The Morgan fingerprint density at radius 3 is 2.56 bits per heavy atom. The zero-order valence-corrected chi connectivity index (χ0v) is 9.19. The van der Waals surface area contributed by atoms with Gasteiger partial charge in [-0.3, -0.25) is 4.79 Å². The van der Waals surface area contributed by atoms with E-state index in [1.165, 1.54) is 17.8 Å². The number of rotatable bonds is 5. The quantitative estimate of drug-likeness (QED) is 0.777. The van der Waals surface area contributed by atoms with Gasteiger partial charge in [-0.2, -0.15) is 0 Å². The van der Waals surface area contributed by atoms with Crippen LogP contribution in [0.4, 0.5) is 14.5 Å². The number of carbonyl (C=O) groups is 1. The van der Waals surface area contributed by atoms with Crippen molar-refractivity contribution in [2.75, 3.05) is 23.4 Å². The maximum absolute atomic E-state index is 13.1. The summed E-state index contributed by atoms with van der Waals surface area (Å²) in [5.74, 6) is -1.65. The second-order valence-corrected chi connectivity index (χ2v) is 4.03. The summed E-state index contributed by atoms with van der Waals surface area (Å²) in [4.78, 5) is 11.2. The molecule has 3 nitrogen and oxygen atoms in total. The third-order valence-corrected chi connectivity index (χ3v) is 2.63. The normalized spacial score (nSPS) is 10.2. The maximum Gasteiger partial charge on any atom is 0.234 e. The summed E-state index contributed by atoms with van der Waals surface area (Å²) in [6.45, 7) is -0.0357. The van der Waals surface area contributed by atoms with E-state index >= 15 is 0 Å². The molecule has 0 radical (unpaired) electrons. The van der Waals surface area contributed by atoms with Crippen molar-refractivity contribution in [1.82, 2.24) is 0 Å². The van der Waals surface area contributed by atoms with Crippen LogP contribution in [0, 0.1) is 11.6 Å². The first-order chi connectivity index (χ1) is 7.65. The Morgan fingerprint density at radius 2 is 2.00 bits per heavy atom. The lowest BCUT2D eigenvalue weighted by Crippen LogP contribution is -2.16. The van der Waals surface area contributed by atoms with Crippen molar-refractivity contribution in [3.63, 3.8) is 0 Å². The summed E-state index contributed by atoms with van der Waals surface area (Å²) in [5, 5.41) is 10.6. The molecule has 0 heterocycles. The monoisotopic (exact) mass is 247 g/mol. The Balaban J connectivity index is 2.56. The molecule has 0 bridgehead atoms. The molecular weight excluding hydrogens is 236 g/mol. The van der Waals surface area contributed by atoms with Crippen LogP contribution in [0.15, 0.2) is 18.2 Å². The van der Waals surface area contributed by atoms with Gasteiger partial charge in [0.05, 0.1) is 12.4 Å². The topological polar surface area (TPSA) is 49.3 Å². The summed E-state index contributed by atoms with van der Waals surface area (Å²) < 4.78 is 26.2. The minimum absolute atomic E-state index is 0.0357. The first-order valence-electron chi connectivity index (χ1n) is 4.57. The minimum atomic E-state index is -0.805. The molecule has 16 heavy (non-hydrogen) atoms. The van der Waals surface area contributed by atoms with Gasteiger partial charge in [0, 0.05) is 5.75 Å². The van der Waals surface area contributed by atoms with E-state index in [4.69, 9.17) is 5.11 Å².